The van der Waals surface area contributed by atoms with Crippen LogP contribution in [-0.4, -0.2) is 19.9 Å². The number of imidazole rings is 1. The van der Waals surface area contributed by atoms with E-state index in [1.165, 1.54) is 6.33 Å². The van der Waals surface area contributed by atoms with Crippen molar-refractivity contribution in [3.05, 3.63) is 39.4 Å². The van der Waals surface area contributed by atoms with Gasteiger partial charge in [-0.2, -0.15) is 0 Å². The first kappa shape index (κ1) is 11.7. The van der Waals surface area contributed by atoms with Crippen molar-refractivity contribution in [1.29, 1.82) is 0 Å². The average molecular weight is 372 g/mol. The molecule has 0 amide bonds. The Morgan fingerprint density at radius 2 is 2.11 bits per heavy atom. The summed E-state index contributed by atoms with van der Waals surface area (Å²) >= 11 is 8.14. The van der Waals surface area contributed by atoms with Gasteiger partial charge < -0.3 is 10.3 Å². The van der Waals surface area contributed by atoms with Crippen molar-refractivity contribution in [3.8, 4) is 0 Å². The molecule has 0 aliphatic heterocycles. The molecule has 18 heavy (non-hydrogen) atoms. The second-order valence-corrected chi connectivity index (χ2v) is 5.17. The summed E-state index contributed by atoms with van der Waals surface area (Å²) in [5.74, 6) is 0.692. The van der Waals surface area contributed by atoms with Crippen LogP contribution in [0.15, 0.2) is 30.9 Å². The highest BCUT2D eigenvalue weighted by molar-refractivity contribution is 14.1. The molecule has 90 valence electrons. The van der Waals surface area contributed by atoms with Crippen molar-refractivity contribution in [2.24, 2.45) is 0 Å². The van der Waals surface area contributed by atoms with Gasteiger partial charge in [0.05, 0.1) is 12.0 Å². The third-order valence-corrected chi connectivity index (χ3v) is 3.53. The summed E-state index contributed by atoms with van der Waals surface area (Å²) < 4.78 is 1.02. The van der Waals surface area contributed by atoms with Gasteiger partial charge in [0.25, 0.3) is 0 Å². The molecular weight excluding hydrogens is 365 g/mol. The van der Waals surface area contributed by atoms with Crippen molar-refractivity contribution in [1.82, 2.24) is 19.9 Å². The highest BCUT2D eigenvalue weighted by Crippen LogP contribution is 2.26. The maximum Gasteiger partial charge on any atom is 0.182 e. The molecule has 0 aliphatic carbocycles. The second kappa shape index (κ2) is 4.69. The number of aromatic amines is 1. The van der Waals surface area contributed by atoms with E-state index in [2.05, 4.69) is 47.8 Å². The summed E-state index contributed by atoms with van der Waals surface area (Å²) in [5, 5.41) is 3.95. The molecule has 2 heterocycles. The molecule has 0 atom stereocenters. The van der Waals surface area contributed by atoms with Crippen molar-refractivity contribution in [2.45, 2.75) is 0 Å². The number of H-pyrrole nitrogens is 1. The van der Waals surface area contributed by atoms with Crippen LogP contribution in [0.4, 0.5) is 11.5 Å². The van der Waals surface area contributed by atoms with E-state index < -0.39 is 0 Å². The Bertz CT molecular complexity index is 711. The average Bonchev–Trinajstić information content (AvgIpc) is 2.82. The number of hydrogen-bond donors (Lipinski definition) is 2. The second-order valence-electron chi connectivity index (χ2n) is 3.57. The molecule has 0 bridgehead atoms. The summed E-state index contributed by atoms with van der Waals surface area (Å²) in [6.07, 6.45) is 3.08. The lowest BCUT2D eigenvalue weighted by Crippen LogP contribution is -1.97. The van der Waals surface area contributed by atoms with Crippen LogP contribution in [0.5, 0.6) is 0 Å². The van der Waals surface area contributed by atoms with Crippen molar-refractivity contribution < 1.29 is 0 Å². The van der Waals surface area contributed by atoms with Gasteiger partial charge in [0.1, 0.15) is 11.8 Å². The zero-order valence-corrected chi connectivity index (χ0v) is 11.9. The van der Waals surface area contributed by atoms with Gasteiger partial charge in [-0.1, -0.05) is 11.6 Å². The number of hydrogen-bond acceptors (Lipinski definition) is 4. The first-order valence-corrected chi connectivity index (χ1v) is 6.56. The molecule has 0 aliphatic rings. The molecule has 0 radical (unpaired) electrons. The molecule has 2 N–H and O–H groups in total. The lowest BCUT2D eigenvalue weighted by atomic mass is 10.3. The number of aromatic nitrogens is 4. The topological polar surface area (TPSA) is 66.5 Å². The third kappa shape index (κ3) is 2.13. The normalized spacial score (nSPS) is 10.8. The fraction of sp³-hybridized carbons (Fsp3) is 0. The fourth-order valence-electron chi connectivity index (χ4n) is 1.58. The van der Waals surface area contributed by atoms with Crippen LogP contribution in [0.25, 0.3) is 11.2 Å². The van der Waals surface area contributed by atoms with Gasteiger partial charge in [-0.3, -0.25) is 0 Å². The SMILES string of the molecule is Clc1ccc(Nc2ncnc3nc[nH]c23)c(I)c1. The third-order valence-electron chi connectivity index (χ3n) is 2.41. The van der Waals surface area contributed by atoms with Gasteiger partial charge in [-0.15, -0.1) is 0 Å². The Hall–Kier alpha value is -1.41. The number of rotatable bonds is 2. The van der Waals surface area contributed by atoms with Crippen LogP contribution in [0.1, 0.15) is 0 Å². The van der Waals surface area contributed by atoms with Gasteiger partial charge in [0, 0.05) is 8.59 Å². The van der Waals surface area contributed by atoms with Gasteiger partial charge in [0.15, 0.2) is 11.5 Å². The van der Waals surface area contributed by atoms with Crippen LogP contribution < -0.4 is 5.32 Å². The standard InChI is InChI=1S/C11H7ClIN5/c12-6-1-2-8(7(13)3-6)18-11-9-10(15-4-14-9)16-5-17-11/h1-5H,(H2,14,15,16,17,18). The van der Waals surface area contributed by atoms with E-state index in [4.69, 9.17) is 11.6 Å². The van der Waals surface area contributed by atoms with E-state index in [0.29, 0.717) is 16.5 Å². The van der Waals surface area contributed by atoms with Crippen molar-refractivity contribution in [2.75, 3.05) is 5.32 Å². The molecule has 3 aromatic rings. The molecule has 7 heteroatoms. The molecule has 0 unspecified atom stereocenters. The Labute approximate surface area is 121 Å². The molecule has 1 aromatic carbocycles. The van der Waals surface area contributed by atoms with E-state index in [0.717, 1.165) is 14.8 Å². The minimum Gasteiger partial charge on any atom is -0.340 e. The highest BCUT2D eigenvalue weighted by Gasteiger charge is 2.07. The lowest BCUT2D eigenvalue weighted by molar-refractivity contribution is 1.20. The first-order chi connectivity index (χ1) is 8.74. The fourth-order valence-corrected chi connectivity index (χ4v) is 2.58. The van der Waals surface area contributed by atoms with E-state index in [1.54, 1.807) is 6.33 Å². The molecule has 0 fully saturated rings. The van der Waals surface area contributed by atoms with E-state index >= 15 is 0 Å². The van der Waals surface area contributed by atoms with Crippen LogP contribution >= 0.6 is 34.2 Å². The predicted molar refractivity (Wildman–Crippen MR) is 79.1 cm³/mol. The molecule has 2 aromatic heterocycles. The maximum atomic E-state index is 5.92. The van der Waals surface area contributed by atoms with Gasteiger partial charge in [-0.05, 0) is 40.8 Å². The minimum absolute atomic E-state index is 0.636. The van der Waals surface area contributed by atoms with E-state index in [-0.39, 0.29) is 0 Å². The lowest BCUT2D eigenvalue weighted by Gasteiger charge is -2.08. The molecule has 3 rings (SSSR count). The minimum atomic E-state index is 0.636. The predicted octanol–water partition coefficient (Wildman–Crippen LogP) is 3.35. The summed E-state index contributed by atoms with van der Waals surface area (Å²) in [6.45, 7) is 0. The van der Waals surface area contributed by atoms with Crippen molar-refractivity contribution in [3.63, 3.8) is 0 Å². The monoisotopic (exact) mass is 371 g/mol. The Kier molecular flexibility index (Phi) is 3.04. The smallest absolute Gasteiger partial charge is 0.182 e. The molecule has 0 saturated carbocycles. The first-order valence-electron chi connectivity index (χ1n) is 5.10. The molecule has 0 spiro atoms. The van der Waals surface area contributed by atoms with Crippen LogP contribution in [0.2, 0.25) is 5.02 Å². The number of halogens is 2. The van der Waals surface area contributed by atoms with Gasteiger partial charge >= 0.3 is 0 Å². The maximum absolute atomic E-state index is 5.92. The number of benzene rings is 1. The number of nitrogens with one attached hydrogen (secondary N) is 2. The zero-order valence-electron chi connectivity index (χ0n) is 8.98. The van der Waals surface area contributed by atoms with E-state index in [1.807, 2.05) is 18.2 Å². The molecule has 0 saturated heterocycles. The van der Waals surface area contributed by atoms with Crippen molar-refractivity contribution >= 4 is 56.9 Å². The summed E-state index contributed by atoms with van der Waals surface area (Å²) in [7, 11) is 0. The summed E-state index contributed by atoms with van der Waals surface area (Å²) in [6, 6.07) is 5.63. The Morgan fingerprint density at radius 1 is 1.22 bits per heavy atom. The Morgan fingerprint density at radius 3 is 2.94 bits per heavy atom. The van der Waals surface area contributed by atoms with Crippen LogP contribution in [0.3, 0.4) is 0 Å². The summed E-state index contributed by atoms with van der Waals surface area (Å²) in [4.78, 5) is 15.4. The quantitative estimate of drug-likeness (QED) is 0.678. The zero-order chi connectivity index (χ0) is 12.5. The Balaban J connectivity index is 2.03. The largest absolute Gasteiger partial charge is 0.340 e. The summed E-state index contributed by atoms with van der Waals surface area (Å²) in [5.41, 5.74) is 2.36. The van der Waals surface area contributed by atoms with Crippen LogP contribution in [0, 0.1) is 3.57 Å². The number of fused-ring (bicyclic) bond motifs is 1. The van der Waals surface area contributed by atoms with Crippen LogP contribution in [-0.2, 0) is 0 Å². The van der Waals surface area contributed by atoms with Gasteiger partial charge in [0.2, 0.25) is 0 Å². The molecule has 5 nitrogen and oxygen atoms in total. The highest BCUT2D eigenvalue weighted by atomic mass is 127. The van der Waals surface area contributed by atoms with Gasteiger partial charge in [-0.25, -0.2) is 15.0 Å². The number of nitrogens with zero attached hydrogens (tertiary/aromatic N) is 3. The number of anilines is 2. The molecular formula is C11H7ClIN5. The van der Waals surface area contributed by atoms with E-state index in [9.17, 15) is 0 Å².